The van der Waals surface area contributed by atoms with Crippen molar-refractivity contribution in [2.75, 3.05) is 0 Å². The standard InChI is InChI=1S/C7H13B/c1-5-3-4-7(5)6(2)8-7/h5-6,8H,3-4H2,1-2H3/t5?,6-,7-/m1/s1. The van der Waals surface area contributed by atoms with Crippen LogP contribution in [-0.4, -0.2) is 7.28 Å². The second-order valence-corrected chi connectivity index (χ2v) is 3.78. The molecular weight excluding hydrogens is 94.9 g/mol. The summed E-state index contributed by atoms with van der Waals surface area (Å²) < 4.78 is 0. The first-order valence-electron chi connectivity index (χ1n) is 3.76. The smallest absolute Gasteiger partial charge is 0.0695 e. The van der Waals surface area contributed by atoms with Gasteiger partial charge >= 0.3 is 0 Å². The lowest BCUT2D eigenvalue weighted by Crippen LogP contribution is -2.20. The van der Waals surface area contributed by atoms with E-state index >= 15 is 0 Å². The van der Waals surface area contributed by atoms with E-state index in [1.54, 1.807) is 0 Å². The maximum atomic E-state index is 2.41. The summed E-state index contributed by atoms with van der Waals surface area (Å²) in [6.45, 7) is 4.81. The Morgan fingerprint density at radius 3 is 2.12 bits per heavy atom. The highest BCUT2D eigenvalue weighted by molar-refractivity contribution is 6.57. The summed E-state index contributed by atoms with van der Waals surface area (Å²) in [6.07, 6.45) is 3.04. The number of rotatable bonds is 0. The zero-order chi connectivity index (χ0) is 5.78. The fourth-order valence-corrected chi connectivity index (χ4v) is 2.35. The minimum absolute atomic E-state index is 0.889. The fraction of sp³-hybridized carbons (Fsp3) is 1.00. The fourth-order valence-electron chi connectivity index (χ4n) is 2.35. The van der Waals surface area contributed by atoms with Gasteiger partial charge in [0.05, 0.1) is 0 Å². The third kappa shape index (κ3) is 0.351. The summed E-state index contributed by atoms with van der Waals surface area (Å²) in [6, 6.07) is 0. The van der Waals surface area contributed by atoms with Crippen molar-refractivity contribution in [3.63, 3.8) is 0 Å². The predicted octanol–water partition coefficient (Wildman–Crippen LogP) is 1.83. The molecule has 2 fully saturated rings. The first kappa shape index (κ1) is 4.90. The lowest BCUT2D eigenvalue weighted by atomic mass is 9.63. The van der Waals surface area contributed by atoms with Gasteiger partial charge < -0.3 is 0 Å². The van der Waals surface area contributed by atoms with Crippen LogP contribution in [0.4, 0.5) is 0 Å². The quantitative estimate of drug-likeness (QED) is 0.415. The Labute approximate surface area is 51.9 Å². The van der Waals surface area contributed by atoms with Gasteiger partial charge in [0.15, 0.2) is 0 Å². The highest BCUT2D eigenvalue weighted by Crippen LogP contribution is 2.72. The molecule has 0 amide bonds. The minimum Gasteiger partial charge on any atom is -0.0695 e. The van der Waals surface area contributed by atoms with E-state index in [0.29, 0.717) is 0 Å². The molecule has 2 aliphatic rings. The van der Waals surface area contributed by atoms with Gasteiger partial charge in [-0.25, -0.2) is 0 Å². The van der Waals surface area contributed by atoms with Crippen molar-refractivity contribution in [2.24, 2.45) is 5.92 Å². The zero-order valence-corrected chi connectivity index (χ0v) is 5.78. The largest absolute Gasteiger partial charge is 0.130 e. The lowest BCUT2D eigenvalue weighted by molar-refractivity contribution is 0.260. The molecule has 44 valence electrons. The van der Waals surface area contributed by atoms with E-state index in [4.69, 9.17) is 0 Å². The summed E-state index contributed by atoms with van der Waals surface area (Å²) in [5.41, 5.74) is 0. The van der Waals surface area contributed by atoms with Crippen molar-refractivity contribution in [3.05, 3.63) is 0 Å². The molecule has 1 saturated heterocycles. The van der Waals surface area contributed by atoms with E-state index in [-0.39, 0.29) is 0 Å². The predicted molar refractivity (Wildman–Crippen MR) is 37.7 cm³/mol. The second kappa shape index (κ2) is 1.15. The van der Waals surface area contributed by atoms with E-state index in [0.717, 1.165) is 17.0 Å². The van der Waals surface area contributed by atoms with Gasteiger partial charge in [0.25, 0.3) is 0 Å². The van der Waals surface area contributed by atoms with Crippen LogP contribution in [0.25, 0.3) is 0 Å². The molecule has 0 aromatic heterocycles. The average molecular weight is 108 g/mol. The Kier molecular flexibility index (Phi) is 0.701. The maximum Gasteiger partial charge on any atom is 0.130 e. The van der Waals surface area contributed by atoms with Gasteiger partial charge in [0.1, 0.15) is 7.28 Å². The third-order valence-corrected chi connectivity index (χ3v) is 3.53. The Balaban J connectivity index is 2.08. The molecule has 1 spiro atoms. The van der Waals surface area contributed by atoms with Crippen LogP contribution >= 0.6 is 0 Å². The molecule has 1 aliphatic carbocycles. The van der Waals surface area contributed by atoms with Gasteiger partial charge in [-0.3, -0.25) is 0 Å². The normalized spacial score (nSPS) is 59.8. The molecule has 3 atom stereocenters. The van der Waals surface area contributed by atoms with E-state index in [9.17, 15) is 0 Å². The molecule has 1 unspecified atom stereocenters. The Hall–Kier alpha value is 0.0649. The Morgan fingerprint density at radius 2 is 2.12 bits per heavy atom. The van der Waals surface area contributed by atoms with E-state index in [2.05, 4.69) is 13.8 Å². The Morgan fingerprint density at radius 1 is 1.50 bits per heavy atom. The molecular formula is C7H13B. The van der Waals surface area contributed by atoms with Crippen LogP contribution in [0.1, 0.15) is 26.7 Å². The SMILES string of the molecule is CC1CC[C@@]12B[C@@H]2C. The van der Waals surface area contributed by atoms with Crippen molar-refractivity contribution < 1.29 is 0 Å². The lowest BCUT2D eigenvalue weighted by Gasteiger charge is -2.36. The first-order chi connectivity index (χ1) is 3.76. The van der Waals surface area contributed by atoms with Crippen molar-refractivity contribution >= 4 is 7.28 Å². The van der Waals surface area contributed by atoms with Crippen LogP contribution in [0.3, 0.4) is 0 Å². The molecule has 1 aliphatic heterocycles. The molecule has 1 heterocycles. The van der Waals surface area contributed by atoms with Crippen LogP contribution in [-0.2, 0) is 0 Å². The molecule has 0 bridgehead atoms. The first-order valence-corrected chi connectivity index (χ1v) is 3.76. The monoisotopic (exact) mass is 108 g/mol. The summed E-state index contributed by atoms with van der Waals surface area (Å²) in [5.74, 6) is 2.14. The van der Waals surface area contributed by atoms with Crippen LogP contribution < -0.4 is 0 Å². The second-order valence-electron chi connectivity index (χ2n) is 3.78. The van der Waals surface area contributed by atoms with Crippen molar-refractivity contribution in [3.8, 4) is 0 Å². The van der Waals surface area contributed by atoms with Crippen LogP contribution in [0.5, 0.6) is 0 Å². The molecule has 0 aromatic rings. The molecule has 1 heteroatoms. The van der Waals surface area contributed by atoms with Gasteiger partial charge in [0.2, 0.25) is 0 Å². The van der Waals surface area contributed by atoms with E-state index < -0.39 is 0 Å². The molecule has 8 heavy (non-hydrogen) atoms. The van der Waals surface area contributed by atoms with Gasteiger partial charge in [-0.05, 0) is 5.92 Å². The molecule has 0 radical (unpaired) electrons. The van der Waals surface area contributed by atoms with Crippen LogP contribution in [0, 0.1) is 5.92 Å². The maximum absolute atomic E-state index is 2.41. The van der Waals surface area contributed by atoms with Crippen LogP contribution in [0.2, 0.25) is 11.1 Å². The van der Waals surface area contributed by atoms with Crippen LogP contribution in [0.15, 0.2) is 0 Å². The molecule has 0 nitrogen and oxygen atoms in total. The van der Waals surface area contributed by atoms with Crippen molar-refractivity contribution in [2.45, 2.75) is 37.8 Å². The molecule has 2 rings (SSSR count). The van der Waals surface area contributed by atoms with Gasteiger partial charge in [0, 0.05) is 0 Å². The van der Waals surface area contributed by atoms with E-state index in [1.807, 2.05) is 0 Å². The molecule has 0 aromatic carbocycles. The number of hydrogen-bond donors (Lipinski definition) is 0. The Bertz CT molecular complexity index is 118. The zero-order valence-electron chi connectivity index (χ0n) is 5.78. The average Bonchev–Trinajstić information content (AvgIpc) is 2.40. The summed E-state index contributed by atoms with van der Waals surface area (Å²) in [5, 5.41) is 0.889. The van der Waals surface area contributed by atoms with E-state index in [1.165, 1.54) is 20.1 Å². The van der Waals surface area contributed by atoms with Crippen molar-refractivity contribution in [1.29, 1.82) is 0 Å². The van der Waals surface area contributed by atoms with Gasteiger partial charge in [-0.15, -0.1) is 0 Å². The molecule has 0 N–H and O–H groups in total. The minimum atomic E-state index is 0.889. The number of hydrogen-bond acceptors (Lipinski definition) is 0. The summed E-state index contributed by atoms with van der Waals surface area (Å²) >= 11 is 0. The summed E-state index contributed by atoms with van der Waals surface area (Å²) in [4.78, 5) is 0. The summed E-state index contributed by atoms with van der Waals surface area (Å²) in [7, 11) is 1.54. The van der Waals surface area contributed by atoms with Gasteiger partial charge in [-0.2, -0.15) is 0 Å². The third-order valence-electron chi connectivity index (χ3n) is 3.53. The highest BCUT2D eigenvalue weighted by Gasteiger charge is 2.60. The molecule has 1 saturated carbocycles. The topological polar surface area (TPSA) is 0 Å². The highest BCUT2D eigenvalue weighted by atomic mass is 14.5. The van der Waals surface area contributed by atoms with Crippen molar-refractivity contribution in [1.82, 2.24) is 0 Å². The van der Waals surface area contributed by atoms with Gasteiger partial charge in [-0.1, -0.05) is 37.8 Å².